The van der Waals surface area contributed by atoms with E-state index >= 15 is 0 Å². The molecule has 0 bridgehead atoms. The molecule has 0 unspecified atom stereocenters. The lowest BCUT2D eigenvalue weighted by molar-refractivity contribution is -0.117. The predicted molar refractivity (Wildman–Crippen MR) is 118 cm³/mol. The van der Waals surface area contributed by atoms with Gasteiger partial charge in [-0.1, -0.05) is 12.1 Å². The van der Waals surface area contributed by atoms with Gasteiger partial charge in [0.25, 0.3) is 0 Å². The van der Waals surface area contributed by atoms with Gasteiger partial charge >= 0.3 is 0 Å². The van der Waals surface area contributed by atoms with Gasteiger partial charge in [-0.15, -0.1) is 0 Å². The van der Waals surface area contributed by atoms with E-state index in [2.05, 4.69) is 25.4 Å². The highest BCUT2D eigenvalue weighted by Gasteiger charge is 2.26. The molecule has 1 amide bonds. The molecule has 1 N–H and O–H groups in total. The van der Waals surface area contributed by atoms with Crippen LogP contribution >= 0.6 is 0 Å². The summed E-state index contributed by atoms with van der Waals surface area (Å²) in [4.78, 5) is 27.9. The van der Waals surface area contributed by atoms with Gasteiger partial charge in [-0.05, 0) is 41.8 Å². The highest BCUT2D eigenvalue weighted by Crippen LogP contribution is 2.30. The Morgan fingerprint density at radius 1 is 1.16 bits per heavy atom. The minimum atomic E-state index is -0.345. The van der Waals surface area contributed by atoms with E-state index in [0.717, 1.165) is 22.6 Å². The van der Waals surface area contributed by atoms with E-state index < -0.39 is 0 Å². The number of aryl methyl sites for hydroxylation is 1. The van der Waals surface area contributed by atoms with Gasteiger partial charge in [0, 0.05) is 37.6 Å². The molecular formula is C23H20FN7O. The first-order chi connectivity index (χ1) is 15.6. The number of nitrogens with one attached hydrogen (secondary N) is 1. The minimum absolute atomic E-state index is 0.0979. The van der Waals surface area contributed by atoms with Crippen LogP contribution in [0, 0.1) is 5.82 Å². The highest BCUT2D eigenvalue weighted by molar-refractivity contribution is 5.96. The lowest BCUT2D eigenvalue weighted by Gasteiger charge is -2.16. The standard InChI is InChI=1S/C23H20FN7O/c1-30-20(6-9-27-30)29-23-25-8-5-19(28-23)17-13-16-7-10-31(22(16)26-14-17)21(32)12-15-3-2-4-18(24)11-15/h2-6,8-9,11,13-14H,7,10,12H2,1H3,(H,25,28,29). The summed E-state index contributed by atoms with van der Waals surface area (Å²) in [5.74, 6) is 1.44. The van der Waals surface area contributed by atoms with E-state index in [9.17, 15) is 9.18 Å². The summed E-state index contributed by atoms with van der Waals surface area (Å²) in [7, 11) is 1.83. The summed E-state index contributed by atoms with van der Waals surface area (Å²) in [6.07, 6.45) is 5.93. The van der Waals surface area contributed by atoms with Crippen LogP contribution in [0.25, 0.3) is 11.3 Å². The summed E-state index contributed by atoms with van der Waals surface area (Å²) in [5, 5.41) is 7.26. The highest BCUT2D eigenvalue weighted by atomic mass is 19.1. The number of carbonyl (C=O) groups is 1. The summed E-state index contributed by atoms with van der Waals surface area (Å²) in [6.45, 7) is 0.553. The number of pyridine rings is 1. The van der Waals surface area contributed by atoms with E-state index in [0.29, 0.717) is 30.3 Å². The molecule has 160 valence electrons. The fourth-order valence-corrected chi connectivity index (χ4v) is 3.76. The fraction of sp³-hybridized carbons (Fsp3) is 0.174. The molecular weight excluding hydrogens is 409 g/mol. The lowest BCUT2D eigenvalue weighted by Crippen LogP contribution is -2.30. The number of carbonyl (C=O) groups excluding carboxylic acids is 1. The molecule has 0 radical (unpaired) electrons. The van der Waals surface area contributed by atoms with Gasteiger partial charge in [0.15, 0.2) is 0 Å². The van der Waals surface area contributed by atoms with Crippen LogP contribution in [0.3, 0.4) is 0 Å². The molecule has 0 atom stereocenters. The molecule has 4 aromatic rings. The number of aromatic nitrogens is 5. The van der Waals surface area contributed by atoms with Gasteiger partial charge in [0.1, 0.15) is 17.5 Å². The Kier molecular flexibility index (Phi) is 5.06. The number of rotatable bonds is 5. The minimum Gasteiger partial charge on any atom is -0.309 e. The molecule has 0 fully saturated rings. The second kappa shape index (κ2) is 8.18. The first-order valence-electron chi connectivity index (χ1n) is 10.2. The molecule has 4 heterocycles. The van der Waals surface area contributed by atoms with Crippen LogP contribution in [-0.4, -0.2) is 37.2 Å². The van der Waals surface area contributed by atoms with Crippen LogP contribution in [-0.2, 0) is 24.7 Å². The van der Waals surface area contributed by atoms with Gasteiger partial charge in [-0.3, -0.25) is 14.4 Å². The molecule has 1 aliphatic rings. The molecule has 3 aromatic heterocycles. The van der Waals surface area contributed by atoms with Crippen LogP contribution in [0.4, 0.5) is 22.0 Å². The maximum atomic E-state index is 13.4. The Balaban J connectivity index is 1.35. The topological polar surface area (TPSA) is 88.8 Å². The molecule has 32 heavy (non-hydrogen) atoms. The zero-order chi connectivity index (χ0) is 22.1. The SMILES string of the molecule is Cn1nccc1Nc1nccc(-c2cnc3c(c2)CCN3C(=O)Cc2cccc(F)c2)n1. The molecule has 0 saturated heterocycles. The van der Waals surface area contributed by atoms with Gasteiger partial charge < -0.3 is 5.32 Å². The van der Waals surface area contributed by atoms with Gasteiger partial charge in [0.2, 0.25) is 11.9 Å². The summed E-state index contributed by atoms with van der Waals surface area (Å²) < 4.78 is 15.1. The number of halogens is 1. The van der Waals surface area contributed by atoms with Crippen molar-refractivity contribution in [2.75, 3.05) is 16.8 Å². The van der Waals surface area contributed by atoms with E-state index in [1.807, 2.05) is 25.2 Å². The van der Waals surface area contributed by atoms with Crippen molar-refractivity contribution in [3.63, 3.8) is 0 Å². The maximum absolute atomic E-state index is 13.4. The number of hydrogen-bond acceptors (Lipinski definition) is 6. The van der Waals surface area contributed by atoms with Crippen molar-refractivity contribution in [1.29, 1.82) is 0 Å². The van der Waals surface area contributed by atoms with Crippen molar-refractivity contribution in [2.24, 2.45) is 7.05 Å². The Morgan fingerprint density at radius 2 is 2.06 bits per heavy atom. The molecule has 5 rings (SSSR count). The number of anilines is 3. The number of fused-ring (bicyclic) bond motifs is 1. The van der Waals surface area contributed by atoms with E-state index in [1.165, 1.54) is 12.1 Å². The van der Waals surface area contributed by atoms with Gasteiger partial charge in [-0.2, -0.15) is 5.10 Å². The number of benzene rings is 1. The zero-order valence-corrected chi connectivity index (χ0v) is 17.4. The lowest BCUT2D eigenvalue weighted by atomic mass is 10.1. The molecule has 1 aromatic carbocycles. The Bertz CT molecular complexity index is 1300. The molecule has 0 aliphatic carbocycles. The van der Waals surface area contributed by atoms with Crippen molar-refractivity contribution in [1.82, 2.24) is 24.7 Å². The van der Waals surface area contributed by atoms with Crippen LogP contribution in [0.2, 0.25) is 0 Å². The largest absolute Gasteiger partial charge is 0.309 e. The van der Waals surface area contributed by atoms with Crippen LogP contribution < -0.4 is 10.2 Å². The monoisotopic (exact) mass is 429 g/mol. The average Bonchev–Trinajstić information content (AvgIpc) is 3.39. The number of hydrogen-bond donors (Lipinski definition) is 1. The first-order valence-corrected chi connectivity index (χ1v) is 10.2. The summed E-state index contributed by atoms with van der Waals surface area (Å²) in [6, 6.07) is 11.8. The average molecular weight is 429 g/mol. The predicted octanol–water partition coefficient (Wildman–Crippen LogP) is 3.29. The van der Waals surface area contributed by atoms with Crippen LogP contribution in [0.1, 0.15) is 11.1 Å². The van der Waals surface area contributed by atoms with Crippen LogP contribution in [0.15, 0.2) is 61.1 Å². The third-order valence-corrected chi connectivity index (χ3v) is 5.36. The van der Waals surface area contributed by atoms with Crippen molar-refractivity contribution in [3.8, 4) is 11.3 Å². The number of amides is 1. The van der Waals surface area contributed by atoms with E-state index in [-0.39, 0.29) is 18.1 Å². The first kappa shape index (κ1) is 19.8. The molecule has 1 aliphatic heterocycles. The summed E-state index contributed by atoms with van der Waals surface area (Å²) >= 11 is 0. The van der Waals surface area contributed by atoms with Crippen molar-refractivity contribution >= 4 is 23.5 Å². The number of nitrogens with zero attached hydrogens (tertiary/aromatic N) is 6. The normalized spacial score (nSPS) is 12.6. The fourth-order valence-electron chi connectivity index (χ4n) is 3.76. The molecule has 9 heteroatoms. The Hall–Kier alpha value is -4.14. The maximum Gasteiger partial charge on any atom is 0.232 e. The Morgan fingerprint density at radius 3 is 2.88 bits per heavy atom. The molecule has 0 saturated carbocycles. The smallest absolute Gasteiger partial charge is 0.232 e. The van der Waals surface area contributed by atoms with Crippen LogP contribution in [0.5, 0.6) is 0 Å². The third kappa shape index (κ3) is 3.92. The Labute approximate surface area is 183 Å². The van der Waals surface area contributed by atoms with Crippen molar-refractivity contribution < 1.29 is 9.18 Å². The van der Waals surface area contributed by atoms with E-state index in [4.69, 9.17) is 0 Å². The van der Waals surface area contributed by atoms with Crippen molar-refractivity contribution in [3.05, 3.63) is 78.0 Å². The van der Waals surface area contributed by atoms with Gasteiger partial charge in [0.05, 0.1) is 18.3 Å². The molecule has 8 nitrogen and oxygen atoms in total. The second-order valence-corrected chi connectivity index (χ2v) is 7.54. The quantitative estimate of drug-likeness (QED) is 0.524. The van der Waals surface area contributed by atoms with Gasteiger partial charge in [-0.25, -0.2) is 19.3 Å². The zero-order valence-electron chi connectivity index (χ0n) is 17.4. The third-order valence-electron chi connectivity index (χ3n) is 5.36. The second-order valence-electron chi connectivity index (χ2n) is 7.54. The van der Waals surface area contributed by atoms with E-state index in [1.54, 1.807) is 40.3 Å². The van der Waals surface area contributed by atoms with Crippen molar-refractivity contribution in [2.45, 2.75) is 12.8 Å². The molecule has 0 spiro atoms. The summed E-state index contributed by atoms with van der Waals surface area (Å²) in [5.41, 5.74) is 3.20.